The number of rotatable bonds is 6. The molecule has 2 aromatic carbocycles. The van der Waals surface area contributed by atoms with E-state index < -0.39 is 5.97 Å². The van der Waals surface area contributed by atoms with Crippen LogP contribution in [0.3, 0.4) is 0 Å². The summed E-state index contributed by atoms with van der Waals surface area (Å²) in [6.07, 6.45) is -0.0382. The van der Waals surface area contributed by atoms with Crippen LogP contribution in [0.1, 0.15) is 24.2 Å². The molecule has 0 aliphatic rings. The molecule has 7 heteroatoms. The average molecular weight is 445 g/mol. The number of hydrogen-bond donors (Lipinski definition) is 0. The van der Waals surface area contributed by atoms with Gasteiger partial charge in [0.1, 0.15) is 11.3 Å². The molecular formula is C21H19BrNO5-. The lowest BCUT2D eigenvalue weighted by Gasteiger charge is -2.17. The Hall–Kier alpha value is -2.80. The van der Waals surface area contributed by atoms with Crippen molar-refractivity contribution < 1.29 is 24.1 Å². The maximum absolute atomic E-state index is 11.7. The molecule has 0 N–H and O–H groups in total. The van der Waals surface area contributed by atoms with Crippen LogP contribution in [0, 0.1) is 0 Å². The average Bonchev–Trinajstić information content (AvgIpc) is 2.67. The number of ether oxygens (including phenoxy) is 3. The highest BCUT2D eigenvalue weighted by atomic mass is 79.9. The second kappa shape index (κ2) is 8.06. The number of fused-ring (bicyclic) bond motifs is 1. The molecule has 0 aliphatic carbocycles. The van der Waals surface area contributed by atoms with E-state index in [2.05, 4.69) is 20.9 Å². The van der Waals surface area contributed by atoms with Crippen LogP contribution >= 0.6 is 15.9 Å². The molecule has 0 unspecified atom stereocenters. The Morgan fingerprint density at radius 1 is 1.11 bits per heavy atom. The smallest absolute Gasteiger partial charge is 0.175 e. The summed E-state index contributed by atoms with van der Waals surface area (Å²) in [5, 5.41) is 12.2. The summed E-state index contributed by atoms with van der Waals surface area (Å²) in [4.78, 5) is 16.4. The van der Waals surface area contributed by atoms with Gasteiger partial charge in [-0.1, -0.05) is 12.1 Å². The van der Waals surface area contributed by atoms with Gasteiger partial charge >= 0.3 is 0 Å². The number of hydrogen-bond acceptors (Lipinski definition) is 6. The number of carbonyl (C=O) groups excluding carboxylic acids is 1. The summed E-state index contributed by atoms with van der Waals surface area (Å²) in [6, 6.07) is 10.2. The number of carboxylic acid groups (broad SMARTS) is 1. The van der Waals surface area contributed by atoms with Crippen LogP contribution in [0.2, 0.25) is 0 Å². The Bertz CT molecular complexity index is 1050. The van der Waals surface area contributed by atoms with E-state index in [1.54, 1.807) is 31.4 Å². The van der Waals surface area contributed by atoms with Crippen LogP contribution in [0.15, 0.2) is 40.9 Å². The summed E-state index contributed by atoms with van der Waals surface area (Å²) in [6.45, 7) is 3.84. The van der Waals surface area contributed by atoms with Gasteiger partial charge in [-0.15, -0.1) is 0 Å². The van der Waals surface area contributed by atoms with Crippen molar-refractivity contribution in [3.05, 3.63) is 46.4 Å². The van der Waals surface area contributed by atoms with Gasteiger partial charge in [-0.05, 0) is 54.0 Å². The van der Waals surface area contributed by atoms with Crippen molar-refractivity contribution in [3.8, 4) is 28.5 Å². The summed E-state index contributed by atoms with van der Waals surface area (Å²) < 4.78 is 17.3. The highest BCUT2D eigenvalue weighted by Crippen LogP contribution is 2.40. The van der Waals surface area contributed by atoms with Crippen molar-refractivity contribution in [2.75, 3.05) is 14.2 Å². The van der Waals surface area contributed by atoms with E-state index in [9.17, 15) is 9.90 Å². The minimum Gasteiger partial charge on any atom is -0.545 e. The quantitative estimate of drug-likeness (QED) is 0.574. The van der Waals surface area contributed by atoms with Crippen LogP contribution in [0.4, 0.5) is 0 Å². The first-order valence-electron chi connectivity index (χ1n) is 8.59. The number of pyridine rings is 1. The van der Waals surface area contributed by atoms with Crippen LogP contribution in [0.5, 0.6) is 17.2 Å². The number of methoxy groups -OCH3 is 2. The second-order valence-corrected chi connectivity index (χ2v) is 7.21. The van der Waals surface area contributed by atoms with E-state index in [1.165, 1.54) is 13.2 Å². The van der Waals surface area contributed by atoms with Crippen molar-refractivity contribution >= 4 is 32.8 Å². The highest BCUT2D eigenvalue weighted by Gasteiger charge is 2.17. The summed E-state index contributed by atoms with van der Waals surface area (Å²) in [5.74, 6) is 0.273. The van der Waals surface area contributed by atoms with Crippen LogP contribution < -0.4 is 19.3 Å². The zero-order valence-electron chi connectivity index (χ0n) is 15.9. The van der Waals surface area contributed by atoms with Crippen molar-refractivity contribution in [1.82, 2.24) is 4.98 Å². The number of halogens is 1. The first-order valence-corrected chi connectivity index (χ1v) is 9.38. The van der Waals surface area contributed by atoms with E-state index >= 15 is 0 Å². The van der Waals surface area contributed by atoms with Gasteiger partial charge in [-0.2, -0.15) is 0 Å². The molecule has 1 heterocycles. The third-order valence-corrected chi connectivity index (χ3v) is 4.71. The molecular weight excluding hydrogens is 426 g/mol. The SMILES string of the molecule is COc1cc(-c2cc(C(=O)[O-])c3cccc(OC)c3n2)cc(Br)c1OC(C)C. The Balaban J connectivity index is 2.26. The van der Waals surface area contributed by atoms with Gasteiger partial charge < -0.3 is 24.1 Å². The molecule has 3 rings (SSSR count). The zero-order chi connectivity index (χ0) is 20.4. The molecule has 146 valence electrons. The molecule has 0 spiro atoms. The minimum absolute atomic E-state index is 0.0382. The Morgan fingerprint density at radius 2 is 1.82 bits per heavy atom. The van der Waals surface area contributed by atoms with Gasteiger partial charge in [-0.3, -0.25) is 0 Å². The van der Waals surface area contributed by atoms with Gasteiger partial charge in [0.2, 0.25) is 0 Å². The molecule has 6 nitrogen and oxygen atoms in total. The van der Waals surface area contributed by atoms with E-state index in [-0.39, 0.29) is 11.7 Å². The number of para-hydroxylation sites is 1. The largest absolute Gasteiger partial charge is 0.545 e. The van der Waals surface area contributed by atoms with Gasteiger partial charge in [-0.25, -0.2) is 4.98 Å². The normalized spacial score (nSPS) is 10.9. The lowest BCUT2D eigenvalue weighted by atomic mass is 10.0. The molecule has 0 radical (unpaired) electrons. The Labute approximate surface area is 171 Å². The van der Waals surface area contributed by atoms with E-state index in [4.69, 9.17) is 14.2 Å². The van der Waals surface area contributed by atoms with Crippen molar-refractivity contribution in [3.63, 3.8) is 0 Å². The lowest BCUT2D eigenvalue weighted by molar-refractivity contribution is -0.254. The molecule has 3 aromatic rings. The van der Waals surface area contributed by atoms with Crippen LogP contribution in [-0.4, -0.2) is 31.3 Å². The fraction of sp³-hybridized carbons (Fsp3) is 0.238. The first-order chi connectivity index (χ1) is 13.3. The number of carbonyl (C=O) groups is 1. The van der Waals surface area contributed by atoms with Crippen LogP contribution in [-0.2, 0) is 0 Å². The van der Waals surface area contributed by atoms with Crippen molar-refractivity contribution in [2.45, 2.75) is 20.0 Å². The summed E-state index contributed by atoms with van der Waals surface area (Å²) in [5.41, 5.74) is 1.59. The van der Waals surface area contributed by atoms with Gasteiger partial charge in [0.25, 0.3) is 0 Å². The fourth-order valence-corrected chi connectivity index (χ4v) is 3.46. The number of aromatic nitrogens is 1. The Kier molecular flexibility index (Phi) is 5.74. The number of carboxylic acids is 1. The third-order valence-electron chi connectivity index (χ3n) is 4.12. The van der Waals surface area contributed by atoms with Gasteiger partial charge in [0.05, 0.1) is 36.5 Å². The second-order valence-electron chi connectivity index (χ2n) is 6.36. The molecule has 28 heavy (non-hydrogen) atoms. The molecule has 0 aliphatic heterocycles. The van der Waals surface area contributed by atoms with Crippen LogP contribution in [0.25, 0.3) is 22.2 Å². The van der Waals surface area contributed by atoms with E-state index in [0.717, 1.165) is 0 Å². The molecule has 0 saturated carbocycles. The summed E-state index contributed by atoms with van der Waals surface area (Å²) >= 11 is 3.50. The van der Waals surface area contributed by atoms with Crippen molar-refractivity contribution in [1.29, 1.82) is 0 Å². The minimum atomic E-state index is -1.28. The van der Waals surface area contributed by atoms with E-state index in [0.29, 0.717) is 43.9 Å². The molecule has 0 fully saturated rings. The number of nitrogens with zero attached hydrogens (tertiary/aromatic N) is 1. The molecule has 0 atom stereocenters. The standard InChI is InChI=1S/C21H20BrNO5/c1-11(2)28-20-15(22)8-12(9-18(20)27-4)16-10-14(21(24)25)13-6-5-7-17(26-3)19(13)23-16/h5-11H,1-4H3,(H,24,25)/p-1. The predicted molar refractivity (Wildman–Crippen MR) is 108 cm³/mol. The molecule has 0 amide bonds. The maximum Gasteiger partial charge on any atom is 0.175 e. The molecule has 0 saturated heterocycles. The third kappa shape index (κ3) is 3.75. The van der Waals surface area contributed by atoms with Gasteiger partial charge in [0.15, 0.2) is 11.5 Å². The maximum atomic E-state index is 11.7. The van der Waals surface area contributed by atoms with Gasteiger partial charge in [0, 0.05) is 16.5 Å². The Morgan fingerprint density at radius 3 is 2.43 bits per heavy atom. The zero-order valence-corrected chi connectivity index (χ0v) is 17.5. The molecule has 0 bridgehead atoms. The molecule has 1 aromatic heterocycles. The lowest BCUT2D eigenvalue weighted by Crippen LogP contribution is -2.22. The van der Waals surface area contributed by atoms with E-state index in [1.807, 2.05) is 19.9 Å². The number of aromatic carboxylic acids is 1. The fourth-order valence-electron chi connectivity index (χ4n) is 2.92. The summed E-state index contributed by atoms with van der Waals surface area (Å²) in [7, 11) is 3.06. The highest BCUT2D eigenvalue weighted by molar-refractivity contribution is 9.10. The first kappa shape index (κ1) is 19.9. The topological polar surface area (TPSA) is 80.7 Å². The number of benzene rings is 2. The monoisotopic (exact) mass is 444 g/mol. The predicted octanol–water partition coefficient (Wildman–Crippen LogP) is 3.83. The van der Waals surface area contributed by atoms with Crippen molar-refractivity contribution in [2.24, 2.45) is 0 Å².